The number of hydroxylamine groups is 1. The first-order chi connectivity index (χ1) is 5.31. The van der Waals surface area contributed by atoms with Crippen LogP contribution in [0.15, 0.2) is 0 Å². The molecule has 1 N–H and O–H groups in total. The Morgan fingerprint density at radius 3 is 2.08 bits per heavy atom. The normalized spacial score (nSPS) is 10.3. The van der Waals surface area contributed by atoms with Crippen molar-refractivity contribution in [1.29, 1.82) is 0 Å². The molecular formula is C7H13NO4. The highest BCUT2D eigenvalue weighted by molar-refractivity contribution is 5.73. The van der Waals surface area contributed by atoms with Gasteiger partial charge in [-0.3, -0.25) is 4.79 Å². The average molecular weight is 175 g/mol. The monoisotopic (exact) mass is 175 g/mol. The van der Waals surface area contributed by atoms with Crippen LogP contribution in [0.3, 0.4) is 0 Å². The number of amides is 1. The van der Waals surface area contributed by atoms with Gasteiger partial charge in [0, 0.05) is 6.92 Å². The van der Waals surface area contributed by atoms with Gasteiger partial charge >= 0.3 is 6.16 Å². The standard InChI is InChI=1S/C7H13NO4/c1-5(9)8-12-6(10)11-7(2,3)4/h1-4H3,(H,8,9). The zero-order chi connectivity index (χ0) is 9.78. The fourth-order valence-corrected chi connectivity index (χ4v) is 0.384. The topological polar surface area (TPSA) is 64.6 Å². The van der Waals surface area contributed by atoms with Crippen molar-refractivity contribution in [2.24, 2.45) is 0 Å². The predicted molar refractivity (Wildman–Crippen MR) is 41.1 cm³/mol. The van der Waals surface area contributed by atoms with Crippen LogP contribution in [0.25, 0.3) is 0 Å². The van der Waals surface area contributed by atoms with E-state index in [0.29, 0.717) is 0 Å². The van der Waals surface area contributed by atoms with Crippen molar-refractivity contribution in [3.63, 3.8) is 0 Å². The van der Waals surface area contributed by atoms with Crippen molar-refractivity contribution in [1.82, 2.24) is 5.48 Å². The maximum Gasteiger partial charge on any atom is 0.533 e. The van der Waals surface area contributed by atoms with E-state index in [-0.39, 0.29) is 0 Å². The summed E-state index contributed by atoms with van der Waals surface area (Å²) in [4.78, 5) is 25.2. The average Bonchev–Trinajstić information content (AvgIpc) is 1.79. The lowest BCUT2D eigenvalue weighted by molar-refractivity contribution is -0.130. The summed E-state index contributed by atoms with van der Waals surface area (Å²) >= 11 is 0. The highest BCUT2D eigenvalue weighted by Crippen LogP contribution is 2.07. The Kier molecular flexibility index (Phi) is 3.53. The third-order valence-electron chi connectivity index (χ3n) is 0.668. The van der Waals surface area contributed by atoms with Gasteiger partial charge in [-0.1, -0.05) is 0 Å². The predicted octanol–water partition coefficient (Wildman–Crippen LogP) is 0.989. The highest BCUT2D eigenvalue weighted by atomic mass is 16.8. The zero-order valence-corrected chi connectivity index (χ0v) is 7.63. The van der Waals surface area contributed by atoms with Crippen LogP contribution in [-0.4, -0.2) is 17.7 Å². The molecule has 5 heteroatoms. The van der Waals surface area contributed by atoms with Gasteiger partial charge in [0.05, 0.1) is 0 Å². The van der Waals surface area contributed by atoms with E-state index in [4.69, 9.17) is 4.74 Å². The molecule has 0 aliphatic rings. The van der Waals surface area contributed by atoms with E-state index in [1.165, 1.54) is 6.92 Å². The molecule has 0 radical (unpaired) electrons. The quantitative estimate of drug-likeness (QED) is 0.440. The number of hydrogen-bond donors (Lipinski definition) is 1. The van der Waals surface area contributed by atoms with Crippen LogP contribution in [0.5, 0.6) is 0 Å². The van der Waals surface area contributed by atoms with E-state index < -0.39 is 17.7 Å². The summed E-state index contributed by atoms with van der Waals surface area (Å²) in [6.45, 7) is 6.32. The zero-order valence-electron chi connectivity index (χ0n) is 7.63. The number of nitrogens with one attached hydrogen (secondary N) is 1. The van der Waals surface area contributed by atoms with Crippen LogP contribution in [0.2, 0.25) is 0 Å². The molecule has 0 saturated heterocycles. The van der Waals surface area contributed by atoms with E-state index in [2.05, 4.69) is 4.84 Å². The van der Waals surface area contributed by atoms with Crippen LogP contribution in [0.1, 0.15) is 27.7 Å². The Morgan fingerprint density at radius 2 is 1.75 bits per heavy atom. The highest BCUT2D eigenvalue weighted by Gasteiger charge is 2.17. The fourth-order valence-electron chi connectivity index (χ4n) is 0.384. The van der Waals surface area contributed by atoms with Crippen molar-refractivity contribution in [2.75, 3.05) is 0 Å². The smallest absolute Gasteiger partial charge is 0.427 e. The number of carbonyl (C=O) groups excluding carboxylic acids is 2. The minimum atomic E-state index is -0.919. The summed E-state index contributed by atoms with van der Waals surface area (Å²) in [5, 5.41) is 0. The summed E-state index contributed by atoms with van der Waals surface area (Å²) in [7, 11) is 0. The molecule has 0 atom stereocenters. The van der Waals surface area contributed by atoms with Gasteiger partial charge in [-0.2, -0.15) is 5.48 Å². The fraction of sp³-hybridized carbons (Fsp3) is 0.714. The molecule has 0 rings (SSSR count). The van der Waals surface area contributed by atoms with E-state index >= 15 is 0 Å². The van der Waals surface area contributed by atoms with E-state index in [1.54, 1.807) is 20.8 Å². The Hall–Kier alpha value is -1.26. The van der Waals surface area contributed by atoms with Gasteiger partial charge < -0.3 is 9.57 Å². The number of ether oxygens (including phenoxy) is 1. The molecule has 0 heterocycles. The summed E-state index contributed by atoms with van der Waals surface area (Å²) in [6.07, 6.45) is -0.919. The van der Waals surface area contributed by atoms with Gasteiger partial charge in [-0.25, -0.2) is 4.79 Å². The van der Waals surface area contributed by atoms with Crippen LogP contribution < -0.4 is 5.48 Å². The van der Waals surface area contributed by atoms with Gasteiger partial charge in [0.25, 0.3) is 0 Å². The van der Waals surface area contributed by atoms with Crippen LogP contribution in [0.4, 0.5) is 4.79 Å². The van der Waals surface area contributed by atoms with Crippen LogP contribution >= 0.6 is 0 Å². The van der Waals surface area contributed by atoms with Gasteiger partial charge in [0.1, 0.15) is 5.60 Å². The van der Waals surface area contributed by atoms with E-state index in [0.717, 1.165) is 0 Å². The molecule has 0 saturated carbocycles. The molecule has 0 aromatic rings. The van der Waals surface area contributed by atoms with E-state index in [9.17, 15) is 9.59 Å². The molecule has 0 spiro atoms. The van der Waals surface area contributed by atoms with Crippen molar-refractivity contribution >= 4 is 12.1 Å². The molecule has 0 unspecified atom stereocenters. The number of rotatable bonds is 0. The molecule has 5 nitrogen and oxygen atoms in total. The number of hydrogen-bond acceptors (Lipinski definition) is 4. The van der Waals surface area contributed by atoms with Crippen molar-refractivity contribution < 1.29 is 19.2 Å². The largest absolute Gasteiger partial charge is 0.533 e. The lowest BCUT2D eigenvalue weighted by Crippen LogP contribution is -2.30. The van der Waals surface area contributed by atoms with Gasteiger partial charge in [0.2, 0.25) is 5.91 Å². The van der Waals surface area contributed by atoms with Gasteiger partial charge in [0.15, 0.2) is 0 Å². The molecule has 0 aromatic carbocycles. The van der Waals surface area contributed by atoms with Gasteiger partial charge in [-0.05, 0) is 20.8 Å². The minimum absolute atomic E-state index is 0.458. The maximum absolute atomic E-state index is 10.7. The Morgan fingerprint density at radius 1 is 1.25 bits per heavy atom. The Balaban J connectivity index is 3.68. The third kappa shape index (κ3) is 6.85. The van der Waals surface area contributed by atoms with E-state index in [1.807, 2.05) is 5.48 Å². The second kappa shape index (κ2) is 3.94. The van der Waals surface area contributed by atoms with Crippen LogP contribution in [0, 0.1) is 0 Å². The van der Waals surface area contributed by atoms with Crippen molar-refractivity contribution in [3.05, 3.63) is 0 Å². The molecule has 0 bridgehead atoms. The Bertz CT molecular complexity index is 182. The molecular weight excluding hydrogens is 162 g/mol. The summed E-state index contributed by atoms with van der Waals surface area (Å²) in [5.41, 5.74) is 1.24. The second-order valence-corrected chi connectivity index (χ2v) is 3.22. The number of carbonyl (C=O) groups is 2. The van der Waals surface area contributed by atoms with Gasteiger partial charge in [-0.15, -0.1) is 0 Å². The molecule has 1 amide bonds. The Labute approximate surface area is 71.0 Å². The van der Waals surface area contributed by atoms with Crippen molar-refractivity contribution in [3.8, 4) is 0 Å². The first-order valence-electron chi connectivity index (χ1n) is 3.47. The second-order valence-electron chi connectivity index (χ2n) is 3.22. The lowest BCUT2D eigenvalue weighted by atomic mass is 10.2. The third-order valence-corrected chi connectivity index (χ3v) is 0.668. The summed E-state index contributed by atoms with van der Waals surface area (Å²) in [5.74, 6) is -0.458. The molecule has 0 fully saturated rings. The minimum Gasteiger partial charge on any atom is -0.427 e. The molecule has 12 heavy (non-hydrogen) atoms. The summed E-state index contributed by atoms with van der Waals surface area (Å²) < 4.78 is 4.71. The van der Waals surface area contributed by atoms with Crippen LogP contribution in [-0.2, 0) is 14.4 Å². The first-order valence-corrected chi connectivity index (χ1v) is 3.47. The maximum atomic E-state index is 10.7. The van der Waals surface area contributed by atoms with Crippen molar-refractivity contribution in [2.45, 2.75) is 33.3 Å². The lowest BCUT2D eigenvalue weighted by Gasteiger charge is -2.18. The molecule has 0 aliphatic carbocycles. The SMILES string of the molecule is CC(=O)NOC(=O)OC(C)(C)C. The molecule has 0 aromatic heterocycles. The molecule has 70 valence electrons. The summed E-state index contributed by atoms with van der Waals surface area (Å²) in [6, 6.07) is 0. The molecule has 0 aliphatic heterocycles. The first kappa shape index (κ1) is 10.7.